The molecule has 0 saturated heterocycles. The zero-order valence-electron chi connectivity index (χ0n) is 9.89. The van der Waals surface area contributed by atoms with Crippen LogP contribution in [0.3, 0.4) is 0 Å². The highest BCUT2D eigenvalue weighted by atomic mass is 32.4. The Hall–Kier alpha value is -0.550. The fourth-order valence-electron chi connectivity index (χ4n) is 1.09. The summed E-state index contributed by atoms with van der Waals surface area (Å²) in [6, 6.07) is 0. The van der Waals surface area contributed by atoms with E-state index in [4.69, 9.17) is 4.55 Å². The highest BCUT2D eigenvalue weighted by Gasteiger charge is 2.72. The normalized spacial score (nSPS) is 18.8. The Morgan fingerprint density at radius 3 is 1.45 bits per heavy atom. The van der Waals surface area contributed by atoms with E-state index < -0.39 is 56.0 Å². The van der Waals surface area contributed by atoms with Gasteiger partial charge >= 0.3 is 16.8 Å². The summed E-state index contributed by atoms with van der Waals surface area (Å²) in [4.78, 5) is 0. The Morgan fingerprint density at radius 2 is 1.27 bits per heavy atom. The molecular weight excluding hydrogens is 404 g/mol. The van der Waals surface area contributed by atoms with Crippen molar-refractivity contribution < 1.29 is 60.7 Å². The molecule has 1 unspecified atom stereocenters. The molecule has 0 spiro atoms. The smallest absolute Gasteiger partial charge is 0.294 e. The van der Waals surface area contributed by atoms with Crippen molar-refractivity contribution in [3.63, 3.8) is 0 Å². The van der Waals surface area contributed by atoms with Gasteiger partial charge in [-0.25, -0.2) is 16.8 Å². The summed E-state index contributed by atoms with van der Waals surface area (Å²) in [7, 11) is -23.1. The molecule has 136 valence electrons. The molecule has 22 heavy (non-hydrogen) atoms. The zero-order valence-corrected chi connectivity index (χ0v) is 12.3. The van der Waals surface area contributed by atoms with Crippen molar-refractivity contribution >= 4 is 29.0 Å². The fourth-order valence-corrected chi connectivity index (χ4v) is 9.84. The minimum Gasteiger partial charge on any atom is -0.294 e. The quantitative estimate of drug-likeness (QED) is 0.701. The van der Waals surface area contributed by atoms with Crippen LogP contribution in [0.25, 0.3) is 0 Å². The molecule has 0 fully saturated rings. The van der Waals surface area contributed by atoms with E-state index in [0.29, 0.717) is 0 Å². The molecule has 0 heterocycles. The van der Waals surface area contributed by atoms with E-state index in [2.05, 4.69) is 0 Å². The molecule has 17 heteroatoms. The molecule has 1 N–H and O–H groups in total. The highest BCUT2D eigenvalue weighted by molar-refractivity contribution is 8.34. The average Bonchev–Trinajstić information content (AvgIpc) is 2.09. The molecule has 0 aromatic carbocycles. The van der Waals surface area contributed by atoms with Gasteiger partial charge in [0.25, 0.3) is 13.8 Å². The summed E-state index contributed by atoms with van der Waals surface area (Å²) in [5, 5.41) is 0. The summed E-state index contributed by atoms with van der Waals surface area (Å²) < 4.78 is 158. The average molecular weight is 410 g/mol. The standard InChI is InChI=1S/C5H6F8O6S3/c1-22(18,19,5(11,12)13)3(20(14,15)2(6)7)21(16,17)4(8,9)10/h2-3H,1H3,(H,18,19). The van der Waals surface area contributed by atoms with Crippen LogP contribution in [-0.4, -0.2) is 52.5 Å². The second kappa shape index (κ2) is 4.97. The monoisotopic (exact) mass is 410 g/mol. The molecule has 1 atom stereocenters. The molecule has 6 nitrogen and oxygen atoms in total. The van der Waals surface area contributed by atoms with Gasteiger partial charge in [-0.3, -0.25) is 4.55 Å². The Morgan fingerprint density at radius 1 is 0.955 bits per heavy atom. The van der Waals surface area contributed by atoms with E-state index in [1.165, 1.54) is 0 Å². The maximum Gasteiger partial charge on any atom is 0.500 e. The van der Waals surface area contributed by atoms with Gasteiger partial charge in [-0.15, -0.1) is 0 Å². The van der Waals surface area contributed by atoms with E-state index in [1.807, 2.05) is 0 Å². The lowest BCUT2D eigenvalue weighted by Gasteiger charge is -2.44. The lowest BCUT2D eigenvalue weighted by atomic mass is 11.5. The maximum atomic E-state index is 12.5. The SMILES string of the molecule is CS(=O)(O)(C(S(=O)(=O)C(F)F)S(=O)(=O)C(F)(F)F)C(F)(F)F. The first-order valence-electron chi connectivity index (χ1n) is 4.35. The van der Waals surface area contributed by atoms with Gasteiger partial charge in [0.1, 0.15) is 0 Å². The first-order chi connectivity index (χ1) is 9.09. The number of hydrogen-bond donors (Lipinski definition) is 1. The Labute approximate surface area is 117 Å². The van der Waals surface area contributed by atoms with Crippen molar-refractivity contribution in [2.75, 3.05) is 6.26 Å². The fraction of sp³-hybridized carbons (Fsp3) is 1.00. The van der Waals surface area contributed by atoms with Crippen molar-refractivity contribution in [3.05, 3.63) is 0 Å². The first kappa shape index (κ1) is 21.4. The van der Waals surface area contributed by atoms with E-state index >= 15 is 0 Å². The molecule has 0 aliphatic carbocycles. The van der Waals surface area contributed by atoms with Gasteiger partial charge in [0.05, 0.1) is 0 Å². The Kier molecular flexibility index (Phi) is 4.85. The molecule has 0 radical (unpaired) electrons. The van der Waals surface area contributed by atoms with Gasteiger partial charge in [0.15, 0.2) is 0 Å². The molecule has 0 aliphatic heterocycles. The number of rotatable bonds is 4. The molecular formula is C5H6F8O6S3. The predicted molar refractivity (Wildman–Crippen MR) is 56.4 cm³/mol. The third-order valence-corrected chi connectivity index (χ3v) is 12.2. The van der Waals surface area contributed by atoms with Crippen LogP contribution < -0.4 is 0 Å². The van der Waals surface area contributed by atoms with Gasteiger partial charge in [-0.2, -0.15) is 39.3 Å². The van der Waals surface area contributed by atoms with Crippen LogP contribution in [0, 0.1) is 0 Å². The van der Waals surface area contributed by atoms with Gasteiger partial charge in [0, 0.05) is 6.26 Å². The minimum absolute atomic E-state index is 1.09. The van der Waals surface area contributed by atoms with E-state index in [0.717, 1.165) is 0 Å². The van der Waals surface area contributed by atoms with Crippen LogP contribution >= 0.6 is 0 Å². The van der Waals surface area contributed by atoms with Crippen molar-refractivity contribution in [1.82, 2.24) is 0 Å². The zero-order chi connectivity index (χ0) is 18.6. The minimum atomic E-state index is -8.30. The predicted octanol–water partition coefficient (Wildman–Crippen LogP) is 1.28. The Balaban J connectivity index is 7.10. The lowest BCUT2D eigenvalue weighted by molar-refractivity contribution is -0.0541. The van der Waals surface area contributed by atoms with Crippen LogP contribution in [-0.2, 0) is 29.0 Å². The summed E-state index contributed by atoms with van der Waals surface area (Å²) in [6.45, 7) is 0. The maximum absolute atomic E-state index is 12.5. The summed E-state index contributed by atoms with van der Waals surface area (Å²) in [6.07, 6.45) is -1.09. The number of sulfone groups is 2. The number of alkyl halides is 8. The van der Waals surface area contributed by atoms with Crippen LogP contribution in [0.15, 0.2) is 0 Å². The second-order valence-corrected chi connectivity index (χ2v) is 12.5. The lowest BCUT2D eigenvalue weighted by Crippen LogP contribution is -2.63. The third-order valence-electron chi connectivity index (χ3n) is 2.11. The summed E-state index contributed by atoms with van der Waals surface area (Å²) >= 11 is 0. The second-order valence-electron chi connectivity index (χ2n) is 3.93. The molecule has 0 saturated carbocycles. The largest absolute Gasteiger partial charge is 0.500 e. The molecule has 0 amide bonds. The Bertz CT molecular complexity index is 706. The van der Waals surface area contributed by atoms with Crippen LogP contribution in [0.1, 0.15) is 0 Å². The number of halogens is 8. The van der Waals surface area contributed by atoms with Gasteiger partial charge in [0.2, 0.25) is 9.84 Å². The molecule has 0 bridgehead atoms. The third kappa shape index (κ3) is 3.07. The molecule has 0 aromatic heterocycles. The molecule has 0 aliphatic rings. The molecule has 0 aromatic rings. The van der Waals surface area contributed by atoms with Crippen LogP contribution in [0.5, 0.6) is 0 Å². The van der Waals surface area contributed by atoms with Gasteiger partial charge in [-0.1, -0.05) is 9.35 Å². The molecule has 0 rings (SSSR count). The van der Waals surface area contributed by atoms with Crippen LogP contribution in [0.2, 0.25) is 0 Å². The summed E-state index contributed by atoms with van der Waals surface area (Å²) in [5.74, 6) is -5.09. The first-order valence-corrected chi connectivity index (χ1v) is 9.90. The van der Waals surface area contributed by atoms with Gasteiger partial charge in [-0.05, 0) is 0 Å². The number of hydrogen-bond acceptors (Lipinski definition) is 5. The van der Waals surface area contributed by atoms with Crippen molar-refractivity contribution in [2.45, 2.75) is 20.7 Å². The van der Waals surface area contributed by atoms with Crippen molar-refractivity contribution in [3.8, 4) is 0 Å². The van der Waals surface area contributed by atoms with Crippen molar-refractivity contribution in [1.29, 1.82) is 0 Å². The van der Waals surface area contributed by atoms with Gasteiger partial charge < -0.3 is 0 Å². The van der Waals surface area contributed by atoms with E-state index in [-0.39, 0.29) is 0 Å². The summed E-state index contributed by atoms with van der Waals surface area (Å²) in [5.41, 5.74) is -13.6. The topological polar surface area (TPSA) is 106 Å². The van der Waals surface area contributed by atoms with Crippen LogP contribution in [0.4, 0.5) is 35.1 Å². The highest BCUT2D eigenvalue weighted by Crippen LogP contribution is 2.50. The van der Waals surface area contributed by atoms with E-state index in [1.54, 1.807) is 0 Å². The van der Waals surface area contributed by atoms with E-state index in [9.17, 15) is 56.2 Å². The van der Waals surface area contributed by atoms with Crippen molar-refractivity contribution in [2.24, 2.45) is 0 Å².